The number of imide groups is 2. The standard InChI is InChI=1S/C48H51FN10O7.C2H6/c1-47(2,3)66-46(64)59-27-35-34(38-25-51-40-23-30(49)12-15-57(38)40)7-8-36(42(35)45(59)63)52-39-10-5-32(24-50-39)55-16-13-48(65,14-17-55)28-54-18-20-56(21-19-54)31-4-6-33-29(22-31)26-58(44(33)62)37-9-11-41(60)53-43(37)61;1-2/h4-8,10,12,15,22-25,37,65H,9,11,13-14,16-21,26-28H2,1-3H3,(H,50,52)(H,53,60,61);1-2H3. The number of carbonyl (C=O) groups excluding carboxylic acids is 5. The van der Waals surface area contributed by atoms with Crippen LogP contribution in [0.3, 0.4) is 0 Å². The van der Waals surface area contributed by atoms with E-state index in [9.17, 15) is 33.5 Å². The second-order valence-electron chi connectivity index (χ2n) is 18.8. The van der Waals surface area contributed by atoms with Gasteiger partial charge < -0.3 is 29.9 Å². The van der Waals surface area contributed by atoms with Gasteiger partial charge in [-0.25, -0.2) is 24.1 Å². The summed E-state index contributed by atoms with van der Waals surface area (Å²) in [4.78, 5) is 83.2. The smallest absolute Gasteiger partial charge is 0.417 e. The van der Waals surface area contributed by atoms with Crippen LogP contribution in [0.4, 0.5) is 32.1 Å². The largest absolute Gasteiger partial charge is 0.443 e. The molecule has 2 aromatic carbocycles. The fraction of sp³-hybridized carbons (Fsp3) is 0.420. The van der Waals surface area contributed by atoms with Crippen molar-refractivity contribution in [2.75, 3.05) is 60.9 Å². The minimum atomic E-state index is -0.841. The van der Waals surface area contributed by atoms with Gasteiger partial charge in [0.15, 0.2) is 0 Å². The van der Waals surface area contributed by atoms with Gasteiger partial charge in [0, 0.05) is 87.9 Å². The van der Waals surface area contributed by atoms with Crippen LogP contribution in [-0.2, 0) is 27.4 Å². The van der Waals surface area contributed by atoms with Crippen molar-refractivity contribution in [2.45, 2.75) is 90.6 Å². The molecule has 8 heterocycles. The fourth-order valence-electron chi connectivity index (χ4n) is 9.85. The van der Waals surface area contributed by atoms with Crippen LogP contribution in [0.25, 0.3) is 16.9 Å². The summed E-state index contributed by atoms with van der Waals surface area (Å²) in [7, 11) is 0. The van der Waals surface area contributed by atoms with Crippen molar-refractivity contribution >= 4 is 58.2 Å². The van der Waals surface area contributed by atoms with Crippen LogP contribution < -0.4 is 20.4 Å². The zero-order valence-corrected chi connectivity index (χ0v) is 39.1. The number of carbonyl (C=O) groups is 5. The number of hydrogen-bond donors (Lipinski definition) is 3. The Bertz CT molecular complexity index is 2790. The molecular weight excluding hydrogens is 872 g/mol. The molecule has 0 bridgehead atoms. The summed E-state index contributed by atoms with van der Waals surface area (Å²) in [6.07, 6.45) is 5.94. The molecule has 68 heavy (non-hydrogen) atoms. The number of fused-ring (bicyclic) bond motifs is 3. The van der Waals surface area contributed by atoms with E-state index < -0.39 is 41.0 Å². The Balaban J connectivity index is 0.00000285. The van der Waals surface area contributed by atoms with Crippen molar-refractivity contribution in [2.24, 2.45) is 0 Å². The molecule has 3 N–H and O–H groups in total. The van der Waals surface area contributed by atoms with Gasteiger partial charge in [-0.05, 0) is 93.6 Å². The van der Waals surface area contributed by atoms with E-state index in [1.165, 1.54) is 12.1 Å². The third-order valence-corrected chi connectivity index (χ3v) is 13.3. The molecule has 356 valence electrons. The number of nitrogens with one attached hydrogen (secondary N) is 2. The van der Waals surface area contributed by atoms with Crippen LogP contribution >= 0.6 is 0 Å². The number of aromatic nitrogens is 3. The van der Waals surface area contributed by atoms with Crippen molar-refractivity contribution in [3.63, 3.8) is 0 Å². The Morgan fingerprint density at radius 1 is 0.868 bits per heavy atom. The molecule has 0 spiro atoms. The molecule has 1 unspecified atom stereocenters. The highest BCUT2D eigenvalue weighted by molar-refractivity contribution is 6.12. The lowest BCUT2D eigenvalue weighted by molar-refractivity contribution is -0.136. The van der Waals surface area contributed by atoms with Gasteiger partial charge in [-0.2, -0.15) is 0 Å². The quantitative estimate of drug-likeness (QED) is 0.152. The fourth-order valence-corrected chi connectivity index (χ4v) is 9.85. The first kappa shape index (κ1) is 46.2. The van der Waals surface area contributed by atoms with Gasteiger partial charge in [0.2, 0.25) is 11.8 Å². The van der Waals surface area contributed by atoms with Gasteiger partial charge in [-0.15, -0.1) is 0 Å². The molecule has 3 fully saturated rings. The van der Waals surface area contributed by atoms with E-state index in [0.717, 1.165) is 48.0 Å². The molecule has 3 aromatic heterocycles. The van der Waals surface area contributed by atoms with Crippen molar-refractivity contribution in [3.8, 4) is 11.3 Å². The Hall–Kier alpha value is -6.92. The number of nitrogens with zero attached hydrogens (tertiary/aromatic N) is 8. The van der Waals surface area contributed by atoms with Crippen molar-refractivity contribution in [1.29, 1.82) is 0 Å². The zero-order chi connectivity index (χ0) is 48.1. The Kier molecular flexibility index (Phi) is 12.4. The number of benzene rings is 2. The van der Waals surface area contributed by atoms with Crippen molar-refractivity contribution in [3.05, 3.63) is 101 Å². The van der Waals surface area contributed by atoms with E-state index in [0.29, 0.717) is 90.5 Å². The molecule has 0 radical (unpaired) electrons. The monoisotopic (exact) mass is 928 g/mol. The SMILES string of the molecule is CC.CC(C)(C)OC(=O)N1Cc2c(-c3cnc4cc(F)ccn34)ccc(Nc3ccc(N4CCC(O)(CN5CCN(c6ccc7c(c6)CN(C6CCC(=O)NC6=O)C7=O)CC5)CC4)cn3)c2C1=O. The number of imidazole rings is 1. The number of pyridine rings is 2. The molecule has 5 aliphatic heterocycles. The Morgan fingerprint density at radius 2 is 1.59 bits per heavy atom. The summed E-state index contributed by atoms with van der Waals surface area (Å²) in [5.41, 5.74) is 4.83. The predicted octanol–water partition coefficient (Wildman–Crippen LogP) is 6.11. The highest BCUT2D eigenvalue weighted by Gasteiger charge is 2.41. The molecule has 5 amide bonds. The summed E-state index contributed by atoms with van der Waals surface area (Å²) in [5.74, 6) is -1.34. The number of rotatable bonds is 8. The molecule has 1 atom stereocenters. The summed E-state index contributed by atoms with van der Waals surface area (Å²) in [6.45, 7) is 14.5. The lowest BCUT2D eigenvalue weighted by Gasteiger charge is -2.44. The molecule has 10 rings (SSSR count). The van der Waals surface area contributed by atoms with Gasteiger partial charge in [0.25, 0.3) is 11.8 Å². The van der Waals surface area contributed by atoms with Gasteiger partial charge in [-0.1, -0.05) is 19.9 Å². The van der Waals surface area contributed by atoms with E-state index in [1.54, 1.807) is 54.7 Å². The summed E-state index contributed by atoms with van der Waals surface area (Å²) in [6, 6.07) is 15.3. The van der Waals surface area contributed by atoms with E-state index in [2.05, 4.69) is 30.3 Å². The molecule has 5 aliphatic rings. The van der Waals surface area contributed by atoms with Gasteiger partial charge >= 0.3 is 6.09 Å². The second kappa shape index (κ2) is 18.3. The van der Waals surface area contributed by atoms with Crippen LogP contribution in [0.15, 0.2) is 73.2 Å². The molecule has 3 saturated heterocycles. The highest BCUT2D eigenvalue weighted by atomic mass is 19.1. The first-order chi connectivity index (χ1) is 32.6. The van der Waals surface area contributed by atoms with Crippen molar-refractivity contribution < 1.29 is 38.2 Å². The first-order valence-corrected chi connectivity index (χ1v) is 23.4. The lowest BCUT2D eigenvalue weighted by Crippen LogP contribution is -2.55. The lowest BCUT2D eigenvalue weighted by atomic mass is 9.90. The summed E-state index contributed by atoms with van der Waals surface area (Å²) >= 11 is 0. The minimum absolute atomic E-state index is 0.0263. The van der Waals surface area contributed by atoms with Crippen LogP contribution in [-0.4, -0.2) is 127 Å². The highest BCUT2D eigenvalue weighted by Crippen LogP contribution is 2.40. The normalized spacial score (nSPS) is 19.4. The van der Waals surface area contributed by atoms with Crippen LogP contribution in [0, 0.1) is 5.82 Å². The molecular formula is C50H57FN10O7. The maximum absolute atomic E-state index is 14.0. The number of halogens is 1. The van der Waals surface area contributed by atoms with E-state index in [4.69, 9.17) is 9.72 Å². The number of anilines is 4. The topological polar surface area (TPSA) is 185 Å². The number of ether oxygens (including phenoxy) is 1. The average Bonchev–Trinajstić information content (AvgIpc) is 4.00. The average molecular weight is 929 g/mol. The van der Waals surface area contributed by atoms with Crippen LogP contribution in [0.5, 0.6) is 0 Å². The minimum Gasteiger partial charge on any atom is -0.443 e. The predicted molar refractivity (Wildman–Crippen MR) is 253 cm³/mol. The molecule has 5 aromatic rings. The number of β-amino-alcohol motifs (C(OH)–C–C–N with tert-alkyl or cyclic N) is 1. The zero-order valence-electron chi connectivity index (χ0n) is 39.1. The maximum atomic E-state index is 14.0. The number of amides is 5. The molecule has 0 saturated carbocycles. The third-order valence-electron chi connectivity index (χ3n) is 13.3. The maximum Gasteiger partial charge on any atom is 0.417 e. The van der Waals surface area contributed by atoms with Crippen LogP contribution in [0.2, 0.25) is 0 Å². The third kappa shape index (κ3) is 9.09. The summed E-state index contributed by atoms with van der Waals surface area (Å²) < 4.78 is 21.4. The van der Waals surface area contributed by atoms with Gasteiger partial charge in [0.1, 0.15) is 28.9 Å². The van der Waals surface area contributed by atoms with Gasteiger partial charge in [0.05, 0.1) is 47.2 Å². The molecule has 0 aliphatic carbocycles. The second-order valence-corrected chi connectivity index (χ2v) is 18.8. The van der Waals surface area contributed by atoms with E-state index in [-0.39, 0.29) is 24.8 Å². The number of piperidine rings is 2. The first-order valence-electron chi connectivity index (χ1n) is 23.4. The number of aliphatic hydroxyl groups is 1. The van der Waals surface area contributed by atoms with Crippen LogP contribution in [0.1, 0.15) is 92.1 Å². The van der Waals surface area contributed by atoms with E-state index >= 15 is 0 Å². The Labute approximate surface area is 393 Å². The van der Waals surface area contributed by atoms with E-state index in [1.807, 2.05) is 50.2 Å². The summed E-state index contributed by atoms with van der Waals surface area (Å²) in [5, 5.41) is 17.4. The number of hydrogen-bond acceptors (Lipinski definition) is 13. The number of piperazine rings is 1. The molecule has 17 nitrogen and oxygen atoms in total. The van der Waals surface area contributed by atoms with Crippen molar-refractivity contribution in [1.82, 2.24) is 34.4 Å². The molecule has 18 heteroatoms. The Morgan fingerprint density at radius 3 is 2.29 bits per heavy atom. The van der Waals surface area contributed by atoms with Gasteiger partial charge in [-0.3, -0.25) is 33.8 Å².